The lowest BCUT2D eigenvalue weighted by Crippen LogP contribution is -2.32. The van der Waals surface area contributed by atoms with Gasteiger partial charge in [0, 0.05) is 17.7 Å². The van der Waals surface area contributed by atoms with Crippen LogP contribution in [0.25, 0.3) is 22.4 Å². The Balaban J connectivity index is 1.54. The van der Waals surface area contributed by atoms with Gasteiger partial charge in [-0.05, 0) is 42.3 Å². The number of hydrogen-bond donors (Lipinski definition) is 2. The van der Waals surface area contributed by atoms with Crippen LogP contribution >= 0.6 is 0 Å². The molecule has 30 heavy (non-hydrogen) atoms. The number of nitrogens with zero attached hydrogens (tertiary/aromatic N) is 2. The number of rotatable bonds is 6. The van der Waals surface area contributed by atoms with E-state index in [1.807, 2.05) is 38.1 Å². The monoisotopic (exact) mass is 404 g/mol. The quantitative estimate of drug-likeness (QED) is 0.352. The van der Waals surface area contributed by atoms with Crippen molar-refractivity contribution in [1.29, 1.82) is 0 Å². The number of hydrogen-bond acceptors (Lipinski definition) is 5. The van der Waals surface area contributed by atoms with Gasteiger partial charge in [0.25, 0.3) is 11.6 Å². The Bertz CT molecular complexity index is 1170. The molecule has 2 heterocycles. The summed E-state index contributed by atoms with van der Waals surface area (Å²) < 4.78 is 5.69. The molecule has 0 saturated heterocycles. The normalized spacial score (nSPS) is 12.2. The van der Waals surface area contributed by atoms with Gasteiger partial charge in [0.1, 0.15) is 11.6 Å². The molecule has 2 N–H and O–H groups in total. The Morgan fingerprint density at radius 3 is 2.50 bits per heavy atom. The fraction of sp³-hybridized carbons (Fsp3) is 0.182. The number of imidazole rings is 1. The molecule has 8 heteroatoms. The molecule has 152 valence electrons. The molecule has 0 unspecified atom stereocenters. The van der Waals surface area contributed by atoms with Crippen LogP contribution in [0.15, 0.2) is 65.1 Å². The Hall–Kier alpha value is -3.94. The zero-order valence-electron chi connectivity index (χ0n) is 16.5. The van der Waals surface area contributed by atoms with Gasteiger partial charge in [0.2, 0.25) is 0 Å². The number of nitro benzene ring substituents is 1. The number of amides is 1. The number of para-hydroxylation sites is 2. The number of carbonyl (C=O) groups is 1. The van der Waals surface area contributed by atoms with Crippen LogP contribution in [0, 0.1) is 16.0 Å². The Kier molecular flexibility index (Phi) is 5.05. The Labute approximate surface area is 172 Å². The number of H-pyrrole nitrogens is 1. The van der Waals surface area contributed by atoms with Gasteiger partial charge in [0.15, 0.2) is 5.76 Å². The van der Waals surface area contributed by atoms with Crippen LogP contribution < -0.4 is 5.32 Å². The summed E-state index contributed by atoms with van der Waals surface area (Å²) in [5.41, 5.74) is 2.39. The van der Waals surface area contributed by atoms with E-state index in [9.17, 15) is 14.9 Å². The van der Waals surface area contributed by atoms with Crippen molar-refractivity contribution in [3.63, 3.8) is 0 Å². The highest BCUT2D eigenvalue weighted by molar-refractivity contribution is 5.92. The van der Waals surface area contributed by atoms with Crippen molar-refractivity contribution in [2.75, 3.05) is 0 Å². The van der Waals surface area contributed by atoms with E-state index in [2.05, 4.69) is 15.3 Å². The molecule has 0 aliphatic rings. The fourth-order valence-corrected chi connectivity index (χ4v) is 3.25. The van der Waals surface area contributed by atoms with Crippen molar-refractivity contribution >= 4 is 22.6 Å². The van der Waals surface area contributed by atoms with E-state index in [1.165, 1.54) is 12.1 Å². The van der Waals surface area contributed by atoms with E-state index in [0.717, 1.165) is 11.0 Å². The second-order valence-electron chi connectivity index (χ2n) is 7.30. The number of benzene rings is 2. The predicted molar refractivity (Wildman–Crippen MR) is 112 cm³/mol. The van der Waals surface area contributed by atoms with Crippen LogP contribution in [0.4, 0.5) is 5.69 Å². The van der Waals surface area contributed by atoms with Crippen LogP contribution in [-0.4, -0.2) is 20.8 Å². The summed E-state index contributed by atoms with van der Waals surface area (Å²) in [4.78, 5) is 31.0. The van der Waals surface area contributed by atoms with Gasteiger partial charge < -0.3 is 14.7 Å². The first-order valence-corrected chi connectivity index (χ1v) is 9.52. The molecule has 4 rings (SSSR count). The van der Waals surface area contributed by atoms with Crippen molar-refractivity contribution in [2.45, 2.75) is 19.9 Å². The predicted octanol–water partition coefficient (Wildman–Crippen LogP) is 4.86. The first-order chi connectivity index (χ1) is 14.4. The highest BCUT2D eigenvalue weighted by Gasteiger charge is 2.24. The van der Waals surface area contributed by atoms with Crippen molar-refractivity contribution in [3.8, 4) is 11.3 Å². The van der Waals surface area contributed by atoms with E-state index in [0.29, 0.717) is 17.1 Å². The molecule has 0 aliphatic carbocycles. The van der Waals surface area contributed by atoms with Gasteiger partial charge in [-0.15, -0.1) is 0 Å². The van der Waals surface area contributed by atoms with Crippen LogP contribution in [0.3, 0.4) is 0 Å². The van der Waals surface area contributed by atoms with Gasteiger partial charge in [-0.3, -0.25) is 14.9 Å². The standard InChI is InChI=1S/C22H20N4O4/c1-13(2)20(21-23-16-5-3-4-6-17(16)24-21)25-22(27)19-12-11-18(30-19)14-7-9-15(10-8-14)26(28)29/h3-13,20H,1-2H3,(H,23,24)(H,25,27)/t20-/m0/s1. The molecular formula is C22H20N4O4. The Morgan fingerprint density at radius 1 is 1.10 bits per heavy atom. The first kappa shape index (κ1) is 19.4. The number of fused-ring (bicyclic) bond motifs is 1. The Morgan fingerprint density at radius 2 is 1.83 bits per heavy atom. The summed E-state index contributed by atoms with van der Waals surface area (Å²) in [6, 6.07) is 16.6. The average molecular weight is 404 g/mol. The second-order valence-corrected chi connectivity index (χ2v) is 7.30. The number of nitrogens with one attached hydrogen (secondary N) is 2. The summed E-state index contributed by atoms with van der Waals surface area (Å²) in [5.74, 6) is 1.03. The van der Waals surface area contributed by atoms with Gasteiger partial charge in [-0.1, -0.05) is 26.0 Å². The van der Waals surface area contributed by atoms with E-state index >= 15 is 0 Å². The number of nitro groups is 1. The molecule has 0 fully saturated rings. The molecule has 1 amide bonds. The molecule has 2 aromatic heterocycles. The van der Waals surface area contributed by atoms with Crippen molar-refractivity contribution in [2.24, 2.45) is 5.92 Å². The van der Waals surface area contributed by atoms with E-state index < -0.39 is 4.92 Å². The van der Waals surface area contributed by atoms with Crippen LogP contribution in [0.5, 0.6) is 0 Å². The molecule has 0 radical (unpaired) electrons. The molecule has 8 nitrogen and oxygen atoms in total. The largest absolute Gasteiger partial charge is 0.451 e. The number of aromatic nitrogens is 2. The molecule has 0 spiro atoms. The third-order valence-electron chi connectivity index (χ3n) is 4.85. The minimum atomic E-state index is -0.463. The summed E-state index contributed by atoms with van der Waals surface area (Å²) in [5, 5.41) is 13.8. The van der Waals surface area contributed by atoms with Crippen LogP contribution in [0.1, 0.15) is 36.3 Å². The summed E-state index contributed by atoms with van der Waals surface area (Å²) in [6.07, 6.45) is 0. The summed E-state index contributed by atoms with van der Waals surface area (Å²) in [7, 11) is 0. The zero-order valence-corrected chi connectivity index (χ0v) is 16.5. The SMILES string of the molecule is CC(C)[C@H](NC(=O)c1ccc(-c2ccc([N+](=O)[O-])cc2)o1)c1nc2ccccc2[nH]1. The third kappa shape index (κ3) is 3.80. The minimum absolute atomic E-state index is 0.00566. The maximum Gasteiger partial charge on any atom is 0.287 e. The number of carbonyl (C=O) groups excluding carboxylic acids is 1. The second kappa shape index (κ2) is 7.82. The van der Waals surface area contributed by atoms with Gasteiger partial charge in [-0.25, -0.2) is 4.98 Å². The fourth-order valence-electron chi connectivity index (χ4n) is 3.25. The maximum atomic E-state index is 12.8. The zero-order chi connectivity index (χ0) is 21.3. The smallest absolute Gasteiger partial charge is 0.287 e. The van der Waals surface area contributed by atoms with E-state index in [4.69, 9.17) is 4.42 Å². The first-order valence-electron chi connectivity index (χ1n) is 9.52. The van der Waals surface area contributed by atoms with Crippen LogP contribution in [-0.2, 0) is 0 Å². The van der Waals surface area contributed by atoms with E-state index in [-0.39, 0.29) is 29.3 Å². The topological polar surface area (TPSA) is 114 Å². The number of furan rings is 1. The lowest BCUT2D eigenvalue weighted by Gasteiger charge is -2.19. The maximum absolute atomic E-state index is 12.8. The molecule has 4 aromatic rings. The molecular weight excluding hydrogens is 384 g/mol. The number of aromatic amines is 1. The summed E-state index contributed by atoms with van der Waals surface area (Å²) >= 11 is 0. The minimum Gasteiger partial charge on any atom is -0.451 e. The molecule has 1 atom stereocenters. The summed E-state index contributed by atoms with van der Waals surface area (Å²) in [6.45, 7) is 4.01. The highest BCUT2D eigenvalue weighted by Crippen LogP contribution is 2.26. The van der Waals surface area contributed by atoms with E-state index in [1.54, 1.807) is 24.3 Å². The lowest BCUT2D eigenvalue weighted by molar-refractivity contribution is -0.384. The van der Waals surface area contributed by atoms with Crippen molar-refractivity contribution < 1.29 is 14.1 Å². The van der Waals surface area contributed by atoms with Gasteiger partial charge in [0.05, 0.1) is 22.0 Å². The third-order valence-corrected chi connectivity index (χ3v) is 4.85. The molecule has 0 bridgehead atoms. The highest BCUT2D eigenvalue weighted by atomic mass is 16.6. The lowest BCUT2D eigenvalue weighted by atomic mass is 10.0. The van der Waals surface area contributed by atoms with Crippen molar-refractivity contribution in [1.82, 2.24) is 15.3 Å². The average Bonchev–Trinajstić information content (AvgIpc) is 3.39. The van der Waals surface area contributed by atoms with Gasteiger partial charge >= 0.3 is 0 Å². The molecule has 2 aromatic carbocycles. The van der Waals surface area contributed by atoms with Gasteiger partial charge in [-0.2, -0.15) is 0 Å². The van der Waals surface area contributed by atoms with Crippen LogP contribution in [0.2, 0.25) is 0 Å². The molecule has 0 saturated carbocycles. The number of non-ortho nitro benzene ring substituents is 1. The molecule has 0 aliphatic heterocycles. The van der Waals surface area contributed by atoms with Crippen molar-refractivity contribution in [3.05, 3.63) is 82.4 Å².